The van der Waals surface area contributed by atoms with Crippen LogP contribution in [-0.2, 0) is 14.1 Å². The molecular formula is C34H31N9O4. The van der Waals surface area contributed by atoms with E-state index in [4.69, 9.17) is 9.78 Å². The van der Waals surface area contributed by atoms with Crippen molar-refractivity contribution in [1.82, 2.24) is 19.5 Å². The lowest BCUT2D eigenvalue weighted by atomic mass is 10.1. The first-order valence-electron chi connectivity index (χ1n) is 14.7. The minimum absolute atomic E-state index is 0.201. The van der Waals surface area contributed by atoms with E-state index in [0.717, 1.165) is 16.8 Å². The molecule has 5 aromatic rings. The van der Waals surface area contributed by atoms with E-state index in [1.165, 1.54) is 15.5 Å². The number of carbonyl (C=O) groups excluding carboxylic acids is 2. The highest BCUT2D eigenvalue weighted by molar-refractivity contribution is 6.11. The summed E-state index contributed by atoms with van der Waals surface area (Å²) in [5.74, 6) is -0.135. The molecule has 236 valence electrons. The number of hydrogen-bond acceptors (Lipinski definition) is 9. The lowest BCUT2D eigenvalue weighted by Crippen LogP contribution is -2.37. The molecule has 47 heavy (non-hydrogen) atoms. The van der Waals surface area contributed by atoms with Gasteiger partial charge in [-0.2, -0.15) is 15.1 Å². The van der Waals surface area contributed by atoms with Crippen LogP contribution < -0.4 is 26.2 Å². The van der Waals surface area contributed by atoms with Gasteiger partial charge in [0, 0.05) is 49.2 Å². The monoisotopic (exact) mass is 629 g/mol. The van der Waals surface area contributed by atoms with Crippen LogP contribution in [-0.4, -0.2) is 37.9 Å². The Balaban J connectivity index is 1.27. The summed E-state index contributed by atoms with van der Waals surface area (Å²) in [5.41, 5.74) is 5.64. The van der Waals surface area contributed by atoms with Crippen LogP contribution in [0.1, 0.15) is 50.5 Å². The summed E-state index contributed by atoms with van der Waals surface area (Å²) >= 11 is 0. The topological polar surface area (TPSA) is 154 Å². The lowest BCUT2D eigenvalue weighted by molar-refractivity contribution is 0.101. The number of aromatic nitrogens is 4. The van der Waals surface area contributed by atoms with E-state index in [0.29, 0.717) is 46.3 Å². The third kappa shape index (κ3) is 5.42. The standard InChI is InChI=1S/C34H31N9O4/c1-7-42-31-27(20(3)43(42)25-13-11-22(12-14-25)29-21(4)47-41(6)34(29)46)15-19(2)36-30(31)33(45)37-24-10-8-9-23(16-24)32(44)38-28-17-26(18-35)40(5)39-28/h8-17H,3,7H2,1-2,4-6H3,(H,37,45)(H,38,39,44). The second-order valence-corrected chi connectivity index (χ2v) is 11.0. The van der Waals surface area contributed by atoms with Gasteiger partial charge < -0.3 is 15.2 Å². The first-order valence-corrected chi connectivity index (χ1v) is 14.7. The maximum atomic E-state index is 13.8. The molecule has 13 nitrogen and oxygen atoms in total. The van der Waals surface area contributed by atoms with Crippen molar-refractivity contribution in [1.29, 1.82) is 5.26 Å². The zero-order valence-electron chi connectivity index (χ0n) is 26.5. The van der Waals surface area contributed by atoms with E-state index in [-0.39, 0.29) is 22.6 Å². The molecule has 0 spiro atoms. The number of pyridine rings is 1. The Kier molecular flexibility index (Phi) is 7.70. The summed E-state index contributed by atoms with van der Waals surface area (Å²) in [6.07, 6.45) is 0. The summed E-state index contributed by atoms with van der Waals surface area (Å²) in [5, 5.41) is 22.7. The molecule has 0 unspecified atom stereocenters. The van der Waals surface area contributed by atoms with Gasteiger partial charge in [-0.3, -0.25) is 29.1 Å². The third-order valence-corrected chi connectivity index (χ3v) is 7.85. The number of hydrazine groups is 1. The van der Waals surface area contributed by atoms with Crippen LogP contribution in [0.4, 0.5) is 22.9 Å². The average molecular weight is 630 g/mol. The first-order chi connectivity index (χ1) is 22.5. The molecule has 1 aliphatic heterocycles. The lowest BCUT2D eigenvalue weighted by Gasteiger charge is -2.32. The predicted octanol–water partition coefficient (Wildman–Crippen LogP) is 5.00. The molecule has 2 amide bonds. The molecule has 0 atom stereocenters. The van der Waals surface area contributed by atoms with Gasteiger partial charge in [0.2, 0.25) is 0 Å². The fraction of sp³-hybridized carbons (Fsp3) is 0.176. The molecule has 1 aliphatic rings. The summed E-state index contributed by atoms with van der Waals surface area (Å²) in [6.45, 7) is 10.4. The van der Waals surface area contributed by atoms with E-state index < -0.39 is 11.8 Å². The number of rotatable bonds is 7. The Hall–Kier alpha value is -6.42. The van der Waals surface area contributed by atoms with E-state index in [1.807, 2.05) is 60.3 Å². The number of hydrogen-bond donors (Lipinski definition) is 2. The van der Waals surface area contributed by atoms with Crippen LogP contribution in [0.3, 0.4) is 0 Å². The first kappa shape index (κ1) is 30.6. The number of aryl methyl sites for hydroxylation is 4. The van der Waals surface area contributed by atoms with Crippen LogP contribution in [0.5, 0.6) is 0 Å². The number of amides is 2. The molecule has 13 heteroatoms. The Bertz CT molecular complexity index is 2180. The van der Waals surface area contributed by atoms with Gasteiger partial charge in [0.25, 0.3) is 17.4 Å². The highest BCUT2D eigenvalue weighted by Crippen LogP contribution is 2.43. The Labute approximate surface area is 269 Å². The molecule has 0 fully saturated rings. The molecule has 0 bridgehead atoms. The maximum absolute atomic E-state index is 13.8. The number of anilines is 4. The van der Waals surface area contributed by atoms with Gasteiger partial charge in [0.05, 0.1) is 22.6 Å². The Morgan fingerprint density at radius 2 is 1.77 bits per heavy atom. The second kappa shape index (κ2) is 11.8. The number of nitrogens with one attached hydrogen (secondary N) is 2. The normalized spacial score (nSPS) is 12.2. The van der Waals surface area contributed by atoms with E-state index in [2.05, 4.69) is 27.3 Å². The quantitative estimate of drug-likeness (QED) is 0.253. The van der Waals surface area contributed by atoms with Crippen LogP contribution in [0.2, 0.25) is 0 Å². The Morgan fingerprint density at radius 1 is 1.02 bits per heavy atom. The molecule has 0 saturated heterocycles. The SMILES string of the molecule is C=C1c2cc(C)nc(C(=O)Nc3cccc(C(=O)Nc4cc(C#N)n(C)n4)c3)c2N(CC)N1c1ccc(-c2c(C)on(C)c2=O)cc1. The fourth-order valence-corrected chi connectivity index (χ4v) is 5.71. The van der Waals surface area contributed by atoms with Crippen LogP contribution in [0, 0.1) is 25.2 Å². The highest BCUT2D eigenvalue weighted by Gasteiger charge is 2.35. The predicted molar refractivity (Wildman–Crippen MR) is 178 cm³/mol. The minimum atomic E-state index is -0.458. The van der Waals surface area contributed by atoms with Crippen molar-refractivity contribution < 1.29 is 14.1 Å². The smallest absolute Gasteiger partial charge is 0.290 e. The summed E-state index contributed by atoms with van der Waals surface area (Å²) in [4.78, 5) is 44.0. The zero-order chi connectivity index (χ0) is 33.6. The highest BCUT2D eigenvalue weighted by atomic mass is 16.5. The number of nitriles is 1. The largest absolute Gasteiger partial charge is 0.381 e. The van der Waals surface area contributed by atoms with Crippen molar-refractivity contribution in [3.05, 3.63) is 112 Å². The second-order valence-electron chi connectivity index (χ2n) is 11.0. The summed E-state index contributed by atoms with van der Waals surface area (Å²) in [7, 11) is 3.18. The van der Waals surface area contributed by atoms with Gasteiger partial charge in [0.15, 0.2) is 11.5 Å². The van der Waals surface area contributed by atoms with Gasteiger partial charge in [-0.05, 0) is 62.7 Å². The van der Waals surface area contributed by atoms with Crippen LogP contribution >= 0.6 is 0 Å². The molecule has 3 aromatic heterocycles. The number of nitrogens with zero attached hydrogens (tertiary/aromatic N) is 7. The Morgan fingerprint density at radius 3 is 2.40 bits per heavy atom. The number of benzene rings is 2. The minimum Gasteiger partial charge on any atom is -0.381 e. The van der Waals surface area contributed by atoms with E-state index in [9.17, 15) is 14.4 Å². The van der Waals surface area contributed by atoms with E-state index in [1.54, 1.807) is 45.3 Å². The van der Waals surface area contributed by atoms with Gasteiger partial charge in [-0.15, -0.1) is 0 Å². The molecule has 2 aromatic carbocycles. The van der Waals surface area contributed by atoms with Gasteiger partial charge in [-0.1, -0.05) is 24.8 Å². The average Bonchev–Trinajstić information content (AvgIpc) is 3.64. The molecule has 6 rings (SSSR count). The van der Waals surface area contributed by atoms with Gasteiger partial charge >= 0.3 is 0 Å². The number of carbonyl (C=O) groups is 2. The van der Waals surface area contributed by atoms with Crippen molar-refractivity contribution in [2.75, 3.05) is 27.2 Å². The third-order valence-electron chi connectivity index (χ3n) is 7.85. The van der Waals surface area contributed by atoms with Gasteiger partial charge in [0.1, 0.15) is 17.5 Å². The molecule has 4 heterocycles. The molecule has 2 N–H and O–H groups in total. The zero-order valence-corrected chi connectivity index (χ0v) is 26.5. The molecular weight excluding hydrogens is 598 g/mol. The summed E-state index contributed by atoms with van der Waals surface area (Å²) < 4.78 is 8.03. The maximum Gasteiger partial charge on any atom is 0.290 e. The van der Waals surface area contributed by atoms with Crippen LogP contribution in [0.15, 0.2) is 76.6 Å². The van der Waals surface area contributed by atoms with Gasteiger partial charge in [-0.25, -0.2) is 4.98 Å². The van der Waals surface area contributed by atoms with E-state index >= 15 is 0 Å². The van der Waals surface area contributed by atoms with Crippen molar-refractivity contribution in [2.45, 2.75) is 20.8 Å². The van der Waals surface area contributed by atoms with Crippen molar-refractivity contribution in [3.63, 3.8) is 0 Å². The van der Waals surface area contributed by atoms with Crippen molar-refractivity contribution in [2.24, 2.45) is 14.1 Å². The fourth-order valence-electron chi connectivity index (χ4n) is 5.71. The van der Waals surface area contributed by atoms with Crippen molar-refractivity contribution >= 4 is 40.4 Å². The number of fused-ring (bicyclic) bond motifs is 1. The summed E-state index contributed by atoms with van der Waals surface area (Å²) in [6, 6.07) is 19.4. The van der Waals surface area contributed by atoms with Crippen LogP contribution in [0.25, 0.3) is 16.8 Å². The molecule has 0 saturated carbocycles. The molecule has 0 aliphatic carbocycles. The van der Waals surface area contributed by atoms with Crippen molar-refractivity contribution in [3.8, 4) is 17.2 Å². The molecule has 0 radical (unpaired) electrons.